The van der Waals surface area contributed by atoms with E-state index in [-0.39, 0.29) is 42.5 Å². The number of rotatable bonds is 4. The number of methoxy groups -OCH3 is 1. The van der Waals surface area contributed by atoms with Crippen LogP contribution in [-0.4, -0.2) is 56.1 Å². The predicted molar refractivity (Wildman–Crippen MR) is 142 cm³/mol. The number of carbonyl (C=O) groups is 1. The third-order valence-corrected chi connectivity index (χ3v) is 9.67. The third-order valence-electron chi connectivity index (χ3n) is 9.67. The second-order valence-corrected chi connectivity index (χ2v) is 11.8. The molecule has 204 valence electrons. The number of nitrogens with one attached hydrogen (secondary N) is 1. The molecule has 1 saturated carbocycles. The van der Waals surface area contributed by atoms with Gasteiger partial charge in [-0.05, 0) is 54.7 Å². The monoisotopic (exact) mass is 524 g/mol. The molecule has 2 saturated heterocycles. The van der Waals surface area contributed by atoms with E-state index in [2.05, 4.69) is 23.5 Å². The van der Waals surface area contributed by atoms with Crippen LogP contribution < -0.4 is 10.1 Å². The van der Waals surface area contributed by atoms with Crippen LogP contribution in [0.25, 0.3) is 0 Å². The first-order valence-corrected chi connectivity index (χ1v) is 14.1. The van der Waals surface area contributed by atoms with Crippen molar-refractivity contribution < 1.29 is 23.0 Å². The van der Waals surface area contributed by atoms with Crippen LogP contribution in [0.3, 0.4) is 0 Å². The average Bonchev–Trinajstić information content (AvgIpc) is 3.36. The minimum atomic E-state index is -2.65. The lowest BCUT2D eigenvalue weighted by atomic mass is 9.68. The molecule has 7 heteroatoms. The summed E-state index contributed by atoms with van der Waals surface area (Å²) in [5.41, 5.74) is 2.88. The van der Waals surface area contributed by atoms with Gasteiger partial charge in [0.25, 0.3) is 0 Å². The first-order valence-electron chi connectivity index (χ1n) is 14.1. The number of carbonyl (C=O) groups excluding carboxylic acids is 1. The zero-order chi connectivity index (χ0) is 26.3. The lowest BCUT2D eigenvalue weighted by Gasteiger charge is -2.48. The average molecular weight is 525 g/mol. The molecular weight excluding hydrogens is 486 g/mol. The first kappa shape index (κ1) is 25.8. The Balaban J connectivity index is 1.33. The Morgan fingerprint density at radius 2 is 1.97 bits per heavy atom. The van der Waals surface area contributed by atoms with Crippen molar-refractivity contribution in [3.05, 3.63) is 65.2 Å². The van der Waals surface area contributed by atoms with Crippen molar-refractivity contribution in [1.82, 2.24) is 10.2 Å². The molecule has 1 aliphatic carbocycles. The lowest BCUT2D eigenvalue weighted by molar-refractivity contribution is -0.146. The largest absolute Gasteiger partial charge is 0.496 e. The van der Waals surface area contributed by atoms with Crippen LogP contribution in [0.2, 0.25) is 0 Å². The summed E-state index contributed by atoms with van der Waals surface area (Å²) < 4.78 is 41.0. The summed E-state index contributed by atoms with van der Waals surface area (Å²) >= 11 is 0. The summed E-state index contributed by atoms with van der Waals surface area (Å²) in [5, 5.41) is 3.49. The lowest BCUT2D eigenvalue weighted by Crippen LogP contribution is -2.56. The van der Waals surface area contributed by atoms with E-state index in [4.69, 9.17) is 9.47 Å². The Morgan fingerprint density at radius 1 is 1.13 bits per heavy atom. The van der Waals surface area contributed by atoms with E-state index in [9.17, 15) is 13.6 Å². The third kappa shape index (κ3) is 4.51. The summed E-state index contributed by atoms with van der Waals surface area (Å²) in [5.74, 6) is -2.01. The number of benzene rings is 2. The number of piperidine rings is 1. The number of nitrogens with zero attached hydrogens (tertiary/aromatic N) is 1. The molecule has 4 aliphatic rings. The van der Waals surface area contributed by atoms with Crippen molar-refractivity contribution >= 4 is 5.91 Å². The fourth-order valence-corrected chi connectivity index (χ4v) is 7.79. The van der Waals surface area contributed by atoms with Gasteiger partial charge < -0.3 is 19.7 Å². The highest BCUT2D eigenvalue weighted by molar-refractivity contribution is 5.82. The molecule has 1 unspecified atom stereocenters. The highest BCUT2D eigenvalue weighted by Crippen LogP contribution is 2.47. The van der Waals surface area contributed by atoms with Gasteiger partial charge >= 0.3 is 0 Å². The summed E-state index contributed by atoms with van der Waals surface area (Å²) in [6.45, 7) is 2.73. The molecule has 0 bridgehead atoms. The van der Waals surface area contributed by atoms with Gasteiger partial charge in [0, 0.05) is 49.5 Å². The fraction of sp³-hybridized carbons (Fsp3) is 0.581. The van der Waals surface area contributed by atoms with Crippen molar-refractivity contribution in [2.75, 3.05) is 33.4 Å². The number of fused-ring (bicyclic) bond motifs is 2. The van der Waals surface area contributed by atoms with Gasteiger partial charge in [-0.2, -0.15) is 0 Å². The van der Waals surface area contributed by atoms with E-state index in [1.165, 1.54) is 5.56 Å². The maximum atomic E-state index is 14.6. The normalized spacial score (nSPS) is 32.7. The maximum absolute atomic E-state index is 14.6. The van der Waals surface area contributed by atoms with Crippen LogP contribution in [0.4, 0.5) is 8.78 Å². The number of amides is 1. The van der Waals surface area contributed by atoms with E-state index in [0.29, 0.717) is 39.3 Å². The fourth-order valence-electron chi connectivity index (χ4n) is 7.79. The molecule has 0 radical (unpaired) electrons. The zero-order valence-corrected chi connectivity index (χ0v) is 22.1. The van der Waals surface area contributed by atoms with E-state index in [0.717, 1.165) is 36.1 Å². The van der Waals surface area contributed by atoms with Crippen LogP contribution in [0.15, 0.2) is 48.5 Å². The van der Waals surface area contributed by atoms with Crippen LogP contribution in [0.5, 0.6) is 5.75 Å². The molecule has 1 N–H and O–H groups in total. The Kier molecular flexibility index (Phi) is 6.93. The number of halogens is 2. The number of hydrogen-bond acceptors (Lipinski definition) is 4. The van der Waals surface area contributed by atoms with Gasteiger partial charge in [0.15, 0.2) is 0 Å². The maximum Gasteiger partial charge on any atom is 0.248 e. The van der Waals surface area contributed by atoms with Crippen molar-refractivity contribution in [2.45, 2.75) is 68.4 Å². The molecule has 1 amide bonds. The van der Waals surface area contributed by atoms with Gasteiger partial charge in [-0.1, -0.05) is 42.5 Å². The molecule has 6 rings (SSSR count). The molecule has 38 heavy (non-hydrogen) atoms. The van der Waals surface area contributed by atoms with Crippen LogP contribution in [0.1, 0.15) is 61.1 Å². The molecule has 3 fully saturated rings. The summed E-state index contributed by atoms with van der Waals surface area (Å²) in [6.07, 6.45) is 2.69. The topological polar surface area (TPSA) is 50.8 Å². The number of ether oxygens (including phenoxy) is 2. The zero-order valence-electron chi connectivity index (χ0n) is 22.1. The van der Waals surface area contributed by atoms with E-state index in [1.807, 2.05) is 35.2 Å². The van der Waals surface area contributed by atoms with E-state index in [1.54, 1.807) is 7.11 Å². The van der Waals surface area contributed by atoms with Crippen molar-refractivity contribution in [2.24, 2.45) is 11.8 Å². The second kappa shape index (κ2) is 10.2. The molecule has 3 heterocycles. The number of hydrogen-bond donors (Lipinski definition) is 1. The summed E-state index contributed by atoms with van der Waals surface area (Å²) in [6, 6.07) is 16.2. The van der Waals surface area contributed by atoms with Gasteiger partial charge in [-0.25, -0.2) is 8.78 Å². The molecule has 2 aromatic rings. The predicted octanol–water partition coefficient (Wildman–Crippen LogP) is 5.28. The van der Waals surface area contributed by atoms with Crippen LogP contribution in [-0.2, 0) is 21.6 Å². The van der Waals surface area contributed by atoms with E-state index >= 15 is 0 Å². The summed E-state index contributed by atoms with van der Waals surface area (Å²) in [4.78, 5) is 16.5. The second-order valence-electron chi connectivity index (χ2n) is 11.8. The Morgan fingerprint density at radius 3 is 2.76 bits per heavy atom. The van der Waals surface area contributed by atoms with Gasteiger partial charge in [-0.15, -0.1) is 0 Å². The Hall–Kier alpha value is -2.51. The number of likely N-dealkylation sites (tertiary alicyclic amines) is 1. The Labute approximate surface area is 223 Å². The van der Waals surface area contributed by atoms with Crippen LogP contribution in [0, 0.1) is 11.8 Å². The van der Waals surface area contributed by atoms with Crippen molar-refractivity contribution in [3.8, 4) is 5.75 Å². The van der Waals surface area contributed by atoms with Crippen LogP contribution >= 0.6 is 0 Å². The van der Waals surface area contributed by atoms with Crippen molar-refractivity contribution in [1.29, 1.82) is 0 Å². The highest BCUT2D eigenvalue weighted by Gasteiger charge is 2.54. The SMILES string of the molecule is COc1cccc2c1COC[C@]21CNC[C@H]1C(=O)N1CC[C@@H](c2ccccc2)C[C@H]1C1CCCC(F)(F)C1. The number of alkyl halides is 2. The molecule has 5 nitrogen and oxygen atoms in total. The Bertz CT molecular complexity index is 1160. The summed E-state index contributed by atoms with van der Waals surface area (Å²) in [7, 11) is 1.66. The minimum Gasteiger partial charge on any atom is -0.496 e. The van der Waals surface area contributed by atoms with Gasteiger partial charge in [0.2, 0.25) is 11.8 Å². The molecule has 3 aliphatic heterocycles. The molecular formula is C31H38F2N2O3. The van der Waals surface area contributed by atoms with E-state index < -0.39 is 11.3 Å². The standard InChI is InChI=1S/C31H38F2N2O3/c1-37-28-11-5-10-25-24(28)18-38-20-30(25)19-34-17-26(30)29(36)35-14-12-22(21-7-3-2-4-8-21)15-27(35)23-9-6-13-31(32,33)16-23/h2-5,7-8,10-11,22-23,26-27,34H,6,9,12-20H2,1H3/t22-,23?,26+,27+,30-/m1/s1. The first-order chi connectivity index (χ1) is 18.4. The minimum absolute atomic E-state index is 0.0438. The van der Waals surface area contributed by atoms with Gasteiger partial charge in [0.1, 0.15) is 5.75 Å². The highest BCUT2D eigenvalue weighted by atomic mass is 19.3. The molecule has 0 aromatic heterocycles. The van der Waals surface area contributed by atoms with Gasteiger partial charge in [0.05, 0.1) is 26.2 Å². The van der Waals surface area contributed by atoms with Crippen molar-refractivity contribution in [3.63, 3.8) is 0 Å². The molecule has 5 atom stereocenters. The van der Waals surface area contributed by atoms with Gasteiger partial charge in [-0.3, -0.25) is 4.79 Å². The quantitative estimate of drug-likeness (QED) is 0.591. The smallest absolute Gasteiger partial charge is 0.248 e. The molecule has 2 aromatic carbocycles. The molecule has 1 spiro atoms.